The van der Waals surface area contributed by atoms with Crippen LogP contribution in [0.15, 0.2) is 36.5 Å². The van der Waals surface area contributed by atoms with E-state index in [4.69, 9.17) is 4.98 Å². The molecule has 0 aliphatic rings. The topological polar surface area (TPSA) is 42.2 Å². The van der Waals surface area contributed by atoms with Gasteiger partial charge in [0.1, 0.15) is 5.82 Å². The first-order chi connectivity index (χ1) is 11.2. The lowest BCUT2D eigenvalue weighted by Crippen LogP contribution is -2.08. The minimum absolute atomic E-state index is 0.909. The molecule has 1 N–H and O–H groups in total. The Balaban J connectivity index is 1.96. The summed E-state index contributed by atoms with van der Waals surface area (Å²) < 4.78 is 1.91. The van der Waals surface area contributed by atoms with Crippen molar-refractivity contribution >= 4 is 11.5 Å². The minimum atomic E-state index is 0.909. The van der Waals surface area contributed by atoms with E-state index in [1.54, 1.807) is 0 Å². The van der Waals surface area contributed by atoms with E-state index in [9.17, 15) is 0 Å². The van der Waals surface area contributed by atoms with Crippen molar-refractivity contribution in [1.29, 1.82) is 0 Å². The Morgan fingerprint density at radius 1 is 1.09 bits per heavy atom. The molecule has 0 unspecified atom stereocenters. The van der Waals surface area contributed by atoms with Crippen LogP contribution in [0.4, 0.5) is 5.82 Å². The fourth-order valence-corrected chi connectivity index (χ4v) is 2.74. The van der Waals surface area contributed by atoms with E-state index in [0.29, 0.717) is 0 Å². The van der Waals surface area contributed by atoms with Crippen LogP contribution < -0.4 is 5.32 Å². The molecule has 23 heavy (non-hydrogen) atoms. The van der Waals surface area contributed by atoms with E-state index in [0.717, 1.165) is 34.8 Å². The summed E-state index contributed by atoms with van der Waals surface area (Å²) in [6, 6.07) is 10.6. The third-order valence-corrected chi connectivity index (χ3v) is 4.05. The molecule has 0 aliphatic heterocycles. The number of hydrogen-bond donors (Lipinski definition) is 1. The Hall–Kier alpha value is -2.36. The summed E-state index contributed by atoms with van der Waals surface area (Å²) in [7, 11) is 0. The van der Waals surface area contributed by atoms with Crippen LogP contribution in [0.3, 0.4) is 0 Å². The van der Waals surface area contributed by atoms with E-state index in [2.05, 4.69) is 54.6 Å². The summed E-state index contributed by atoms with van der Waals surface area (Å²) in [5.74, 6) is 1.02. The third kappa shape index (κ3) is 3.36. The van der Waals surface area contributed by atoms with Crippen LogP contribution in [-0.2, 0) is 0 Å². The number of nitrogens with zero attached hydrogens (tertiary/aromatic N) is 3. The standard InChI is InChI=1S/C19H24N4/c1-4-5-6-11-20-18-12-15(3)22-19-17(13-21-23(18)19)16-9-7-14(2)8-10-16/h7-10,12-13,20H,4-6,11H2,1-3H3. The molecule has 0 atom stereocenters. The van der Waals surface area contributed by atoms with E-state index >= 15 is 0 Å². The van der Waals surface area contributed by atoms with Gasteiger partial charge in [-0.1, -0.05) is 49.6 Å². The smallest absolute Gasteiger partial charge is 0.165 e. The second kappa shape index (κ2) is 6.82. The SMILES string of the molecule is CCCCCNc1cc(C)nc2c(-c3ccc(C)cc3)cnn12. The third-order valence-electron chi connectivity index (χ3n) is 4.05. The normalized spacial score (nSPS) is 11.1. The maximum atomic E-state index is 4.70. The minimum Gasteiger partial charge on any atom is -0.370 e. The first-order valence-electron chi connectivity index (χ1n) is 8.35. The molecule has 0 spiro atoms. The summed E-state index contributed by atoms with van der Waals surface area (Å²) in [5, 5.41) is 8.05. The molecule has 0 aliphatic carbocycles. The fourth-order valence-electron chi connectivity index (χ4n) is 2.74. The van der Waals surface area contributed by atoms with Crippen molar-refractivity contribution in [1.82, 2.24) is 14.6 Å². The lowest BCUT2D eigenvalue weighted by molar-refractivity contribution is 0.739. The second-order valence-corrected chi connectivity index (χ2v) is 6.08. The monoisotopic (exact) mass is 308 g/mol. The molecule has 0 saturated heterocycles. The number of benzene rings is 1. The maximum absolute atomic E-state index is 4.70. The molecular weight excluding hydrogens is 284 g/mol. The molecule has 4 nitrogen and oxygen atoms in total. The average molecular weight is 308 g/mol. The van der Waals surface area contributed by atoms with Gasteiger partial charge in [0.2, 0.25) is 0 Å². The van der Waals surface area contributed by atoms with Gasteiger partial charge in [0, 0.05) is 23.9 Å². The molecule has 0 fully saturated rings. The quantitative estimate of drug-likeness (QED) is 0.676. The number of aromatic nitrogens is 3. The van der Waals surface area contributed by atoms with Crippen LogP contribution in [-0.4, -0.2) is 21.1 Å². The van der Waals surface area contributed by atoms with Gasteiger partial charge in [-0.15, -0.1) is 0 Å². The highest BCUT2D eigenvalue weighted by Gasteiger charge is 2.11. The van der Waals surface area contributed by atoms with Crippen molar-refractivity contribution in [2.75, 3.05) is 11.9 Å². The van der Waals surface area contributed by atoms with E-state index in [1.807, 2.05) is 17.6 Å². The van der Waals surface area contributed by atoms with Crippen LogP contribution in [0.1, 0.15) is 37.4 Å². The zero-order valence-corrected chi connectivity index (χ0v) is 14.1. The van der Waals surface area contributed by atoms with Crippen molar-refractivity contribution in [3.05, 3.63) is 47.8 Å². The molecule has 3 aromatic rings. The predicted molar refractivity (Wildman–Crippen MR) is 95.9 cm³/mol. The molecule has 1 aromatic carbocycles. The van der Waals surface area contributed by atoms with Gasteiger partial charge in [0.05, 0.1) is 6.20 Å². The average Bonchev–Trinajstić information content (AvgIpc) is 2.96. The summed E-state index contributed by atoms with van der Waals surface area (Å²) >= 11 is 0. The van der Waals surface area contributed by atoms with Gasteiger partial charge in [-0.3, -0.25) is 0 Å². The Labute approximate surface area is 137 Å². The van der Waals surface area contributed by atoms with Crippen LogP contribution in [0.2, 0.25) is 0 Å². The van der Waals surface area contributed by atoms with Gasteiger partial charge in [-0.2, -0.15) is 9.61 Å². The van der Waals surface area contributed by atoms with E-state index < -0.39 is 0 Å². The van der Waals surface area contributed by atoms with Crippen LogP contribution in [0.25, 0.3) is 16.8 Å². The number of fused-ring (bicyclic) bond motifs is 1. The molecule has 2 heterocycles. The molecule has 120 valence electrons. The molecule has 0 amide bonds. The second-order valence-electron chi connectivity index (χ2n) is 6.08. The molecular formula is C19H24N4. The highest BCUT2D eigenvalue weighted by Crippen LogP contribution is 2.26. The number of rotatable bonds is 6. The number of hydrogen-bond acceptors (Lipinski definition) is 3. The Kier molecular flexibility index (Phi) is 4.60. The highest BCUT2D eigenvalue weighted by atomic mass is 15.3. The van der Waals surface area contributed by atoms with Gasteiger partial charge < -0.3 is 5.32 Å². The van der Waals surface area contributed by atoms with Crippen LogP contribution in [0, 0.1) is 13.8 Å². The first kappa shape index (κ1) is 15.5. The Morgan fingerprint density at radius 3 is 2.61 bits per heavy atom. The largest absolute Gasteiger partial charge is 0.370 e. The van der Waals surface area contributed by atoms with E-state index in [-0.39, 0.29) is 0 Å². The number of nitrogens with one attached hydrogen (secondary N) is 1. The molecule has 0 bridgehead atoms. The van der Waals surface area contributed by atoms with Gasteiger partial charge in [-0.05, 0) is 25.8 Å². The maximum Gasteiger partial charge on any atom is 0.165 e. The number of anilines is 1. The Morgan fingerprint density at radius 2 is 1.87 bits per heavy atom. The summed E-state index contributed by atoms with van der Waals surface area (Å²) in [4.78, 5) is 4.70. The molecule has 3 rings (SSSR count). The van der Waals surface area contributed by atoms with Crippen molar-refractivity contribution in [2.45, 2.75) is 40.0 Å². The molecule has 0 saturated carbocycles. The van der Waals surface area contributed by atoms with Gasteiger partial charge in [0.25, 0.3) is 0 Å². The summed E-state index contributed by atoms with van der Waals surface area (Å²) in [5.41, 5.74) is 5.40. The van der Waals surface area contributed by atoms with E-state index in [1.165, 1.54) is 24.8 Å². The molecule has 0 radical (unpaired) electrons. The zero-order chi connectivity index (χ0) is 16.2. The first-order valence-corrected chi connectivity index (χ1v) is 8.35. The lowest BCUT2D eigenvalue weighted by atomic mass is 10.1. The van der Waals surface area contributed by atoms with Crippen LogP contribution in [0.5, 0.6) is 0 Å². The van der Waals surface area contributed by atoms with Gasteiger partial charge in [0.15, 0.2) is 5.65 Å². The predicted octanol–water partition coefficient (Wildman–Crippen LogP) is 4.62. The fraction of sp³-hybridized carbons (Fsp3) is 0.368. The molecule has 2 aromatic heterocycles. The summed E-state index contributed by atoms with van der Waals surface area (Å²) in [6.45, 7) is 7.31. The Bertz CT molecular complexity index is 787. The number of aryl methyl sites for hydroxylation is 2. The highest BCUT2D eigenvalue weighted by molar-refractivity contribution is 5.78. The van der Waals surface area contributed by atoms with Crippen molar-refractivity contribution in [2.24, 2.45) is 0 Å². The number of unbranched alkanes of at least 4 members (excludes halogenated alkanes) is 2. The van der Waals surface area contributed by atoms with Crippen molar-refractivity contribution < 1.29 is 0 Å². The molecule has 4 heteroatoms. The zero-order valence-electron chi connectivity index (χ0n) is 14.1. The van der Waals surface area contributed by atoms with Gasteiger partial charge in [-0.25, -0.2) is 4.98 Å². The van der Waals surface area contributed by atoms with Crippen molar-refractivity contribution in [3.63, 3.8) is 0 Å². The lowest BCUT2D eigenvalue weighted by Gasteiger charge is -2.09. The van der Waals surface area contributed by atoms with Gasteiger partial charge >= 0.3 is 0 Å². The van der Waals surface area contributed by atoms with Crippen molar-refractivity contribution in [3.8, 4) is 11.1 Å². The van der Waals surface area contributed by atoms with Crippen LogP contribution >= 0.6 is 0 Å². The summed E-state index contributed by atoms with van der Waals surface area (Å²) in [6.07, 6.45) is 5.55.